The van der Waals surface area contributed by atoms with Gasteiger partial charge in [0.15, 0.2) is 0 Å². The second-order valence-corrected chi connectivity index (χ2v) is 11.4. The summed E-state index contributed by atoms with van der Waals surface area (Å²) in [4.78, 5) is 16.2. The number of ether oxygens (including phenoxy) is 1. The number of benzene rings is 4. The van der Waals surface area contributed by atoms with E-state index in [9.17, 15) is 18.0 Å². The van der Waals surface area contributed by atoms with Gasteiger partial charge in [0.2, 0.25) is 0 Å². The molecule has 2 heterocycles. The summed E-state index contributed by atoms with van der Waals surface area (Å²) in [5.41, 5.74) is 5.11. The summed E-state index contributed by atoms with van der Waals surface area (Å²) < 4.78 is 46.8. The first kappa shape index (κ1) is 34.8. The van der Waals surface area contributed by atoms with E-state index < -0.39 is 11.7 Å². The van der Waals surface area contributed by atoms with Crippen molar-refractivity contribution in [2.45, 2.75) is 86.4 Å². The van der Waals surface area contributed by atoms with Crippen LogP contribution in [0.1, 0.15) is 94.3 Å². The van der Waals surface area contributed by atoms with Gasteiger partial charge in [-0.3, -0.25) is 4.79 Å². The largest absolute Gasteiger partial charge is 0.455 e. The molecule has 0 bridgehead atoms. The van der Waals surface area contributed by atoms with Crippen LogP contribution in [0.3, 0.4) is 0 Å². The van der Waals surface area contributed by atoms with Crippen molar-refractivity contribution in [1.82, 2.24) is 4.90 Å². The minimum atomic E-state index is -4.44. The normalized spacial score (nSPS) is 13.5. The number of carbonyl (C=O) groups is 1. The summed E-state index contributed by atoms with van der Waals surface area (Å²) in [5.74, 6) is 1.61. The first-order chi connectivity index (χ1) is 22.2. The molecule has 2 aliphatic rings. The molecule has 46 heavy (non-hydrogen) atoms. The number of hydrogen-bond acceptors (Lipinski definition) is 2. The van der Waals surface area contributed by atoms with Gasteiger partial charge in [-0.1, -0.05) is 103 Å². The number of halogens is 3. The molecule has 0 aliphatic carbocycles. The van der Waals surface area contributed by atoms with Crippen LogP contribution >= 0.6 is 0 Å². The van der Waals surface area contributed by atoms with Crippen LogP contribution in [0.5, 0.6) is 11.5 Å². The van der Waals surface area contributed by atoms with Gasteiger partial charge >= 0.3 is 6.18 Å². The molecule has 244 valence electrons. The van der Waals surface area contributed by atoms with E-state index in [0.717, 1.165) is 70.8 Å². The van der Waals surface area contributed by atoms with Gasteiger partial charge < -0.3 is 9.64 Å². The molecular formula is C40H46F3NO2. The molecule has 4 aromatic carbocycles. The molecule has 0 radical (unpaired) electrons. The lowest BCUT2D eigenvalue weighted by molar-refractivity contribution is -0.137. The maximum atomic E-state index is 14.2. The average molecular weight is 630 g/mol. The fourth-order valence-electron chi connectivity index (χ4n) is 6.53. The Morgan fingerprint density at radius 1 is 0.935 bits per heavy atom. The molecule has 1 amide bonds. The molecule has 6 heteroatoms. The minimum Gasteiger partial charge on any atom is -0.455 e. The van der Waals surface area contributed by atoms with Gasteiger partial charge in [-0.05, 0) is 59.7 Å². The topological polar surface area (TPSA) is 29.5 Å². The number of unbranched alkanes of at least 4 members (excludes halogenated alkanes) is 1. The molecule has 0 fully saturated rings. The summed E-state index contributed by atoms with van der Waals surface area (Å²) in [6.45, 7) is 17.5. The van der Waals surface area contributed by atoms with Crippen molar-refractivity contribution in [3.05, 3.63) is 95.6 Å². The van der Waals surface area contributed by atoms with E-state index in [1.165, 1.54) is 12.1 Å². The van der Waals surface area contributed by atoms with Gasteiger partial charge in [0, 0.05) is 46.1 Å². The van der Waals surface area contributed by atoms with Crippen LogP contribution in [0.25, 0.3) is 33.0 Å². The summed E-state index contributed by atoms with van der Waals surface area (Å²) in [6.07, 6.45) is 2.37. The Kier molecular flexibility index (Phi) is 11.4. The van der Waals surface area contributed by atoms with Crippen LogP contribution in [0.4, 0.5) is 13.2 Å². The lowest BCUT2D eigenvalue weighted by Gasteiger charge is -2.35. The quantitative estimate of drug-likeness (QED) is 0.152. The van der Waals surface area contributed by atoms with Crippen molar-refractivity contribution in [3.63, 3.8) is 0 Å². The molecule has 1 unspecified atom stereocenters. The predicted molar refractivity (Wildman–Crippen MR) is 185 cm³/mol. The molecule has 0 aromatic heterocycles. The summed E-state index contributed by atoms with van der Waals surface area (Å²) >= 11 is 0. The first-order valence-electron chi connectivity index (χ1n) is 16.8. The number of amides is 1. The number of fused-ring (bicyclic) bond motifs is 2. The number of para-hydroxylation sites is 1. The Balaban J connectivity index is 0.00000116. The lowest BCUT2D eigenvalue weighted by atomic mass is 9.81. The maximum Gasteiger partial charge on any atom is 0.416 e. The summed E-state index contributed by atoms with van der Waals surface area (Å²) in [5, 5.41) is 1.72. The van der Waals surface area contributed by atoms with Crippen molar-refractivity contribution < 1.29 is 22.7 Å². The number of alkyl halides is 3. The van der Waals surface area contributed by atoms with Gasteiger partial charge in [0.05, 0.1) is 5.56 Å². The van der Waals surface area contributed by atoms with Gasteiger partial charge in [0.25, 0.3) is 5.91 Å². The third-order valence-corrected chi connectivity index (χ3v) is 8.68. The highest BCUT2D eigenvalue weighted by Gasteiger charge is 2.35. The highest BCUT2D eigenvalue weighted by molar-refractivity contribution is 6.19. The van der Waals surface area contributed by atoms with Crippen LogP contribution in [0.15, 0.2) is 73.3 Å². The Bertz CT molecular complexity index is 1690. The number of nitrogens with zero attached hydrogens (tertiary/aromatic N) is 1. The van der Waals surface area contributed by atoms with Crippen LogP contribution in [-0.2, 0) is 19.1 Å². The van der Waals surface area contributed by atoms with Gasteiger partial charge in [0.1, 0.15) is 11.5 Å². The van der Waals surface area contributed by atoms with E-state index in [4.69, 9.17) is 4.74 Å². The summed E-state index contributed by atoms with van der Waals surface area (Å²) in [6, 6.07) is 16.9. The number of hydrogen-bond donors (Lipinski definition) is 0. The molecule has 0 N–H and O–H groups in total. The third-order valence-electron chi connectivity index (χ3n) is 8.68. The predicted octanol–water partition coefficient (Wildman–Crippen LogP) is 12.3. The maximum absolute atomic E-state index is 14.2. The van der Waals surface area contributed by atoms with Crippen molar-refractivity contribution in [1.29, 1.82) is 0 Å². The zero-order valence-corrected chi connectivity index (χ0v) is 28.0. The Morgan fingerprint density at radius 3 is 2.26 bits per heavy atom. The first-order valence-corrected chi connectivity index (χ1v) is 16.8. The Labute approximate surface area is 272 Å². The van der Waals surface area contributed by atoms with Crippen molar-refractivity contribution in [2.24, 2.45) is 5.92 Å². The highest BCUT2D eigenvalue weighted by atomic mass is 19.4. The molecule has 3 nitrogen and oxygen atoms in total. The van der Waals surface area contributed by atoms with Crippen LogP contribution in [0, 0.1) is 5.92 Å². The van der Waals surface area contributed by atoms with Crippen LogP contribution in [-0.4, -0.2) is 17.4 Å². The van der Waals surface area contributed by atoms with Crippen molar-refractivity contribution in [3.8, 4) is 33.8 Å². The average Bonchev–Trinajstić information content (AvgIpc) is 3.08. The number of carbonyl (C=O) groups excluding carboxylic acids is 1. The zero-order valence-electron chi connectivity index (χ0n) is 28.0. The smallest absolute Gasteiger partial charge is 0.416 e. The van der Waals surface area contributed by atoms with E-state index in [-0.39, 0.29) is 5.91 Å². The standard InChI is InChI=1S/C36H34F3NO2.2C2H6/c1-4-7-11-22(6-3)20-40-21-25-18-24(10-5-2)31-27-12-8-9-13-30(27)42-34-28(19-29(35(40)41)32(25)33(31)34)23-14-16-26(17-15-23)36(37,38)39;2*1-2/h5,8-9,12-19,22H,2,4,6-7,10-11,20-21H2,1,3H3;2*1-2H3. The third kappa shape index (κ3) is 6.58. The van der Waals surface area contributed by atoms with Crippen LogP contribution in [0.2, 0.25) is 0 Å². The molecule has 6 rings (SSSR count). The number of allylic oxidation sites excluding steroid dienone is 1. The molecule has 1 atom stereocenters. The highest BCUT2D eigenvalue weighted by Crippen LogP contribution is 2.54. The van der Waals surface area contributed by atoms with Gasteiger partial charge in [-0.25, -0.2) is 0 Å². The molecule has 0 spiro atoms. The van der Waals surface area contributed by atoms with Crippen molar-refractivity contribution >= 4 is 16.7 Å². The molecule has 0 saturated heterocycles. The van der Waals surface area contributed by atoms with Crippen LogP contribution < -0.4 is 4.74 Å². The van der Waals surface area contributed by atoms with Gasteiger partial charge in [-0.2, -0.15) is 13.2 Å². The zero-order chi connectivity index (χ0) is 33.6. The van der Waals surface area contributed by atoms with E-state index in [1.807, 2.05) is 69.0 Å². The monoisotopic (exact) mass is 629 g/mol. The second-order valence-electron chi connectivity index (χ2n) is 11.4. The fraction of sp³-hybridized carbons (Fsp3) is 0.375. The minimum absolute atomic E-state index is 0.0431. The Hall–Kier alpha value is -4.06. The number of rotatable bonds is 9. The van der Waals surface area contributed by atoms with E-state index in [0.29, 0.717) is 53.6 Å². The van der Waals surface area contributed by atoms with E-state index >= 15 is 0 Å². The van der Waals surface area contributed by atoms with Crippen molar-refractivity contribution in [2.75, 3.05) is 6.54 Å². The van der Waals surface area contributed by atoms with Gasteiger partial charge in [-0.15, -0.1) is 6.58 Å². The fourth-order valence-corrected chi connectivity index (χ4v) is 6.53. The lowest BCUT2D eigenvalue weighted by Crippen LogP contribution is -2.37. The van der Waals surface area contributed by atoms with E-state index in [1.54, 1.807) is 0 Å². The van der Waals surface area contributed by atoms with E-state index in [2.05, 4.69) is 26.5 Å². The SMILES string of the molecule is C=CCc1cc2c3c(cc(-c4ccc(C(F)(F)F)cc4)c4c3c1-c1ccccc1O4)C(=O)N(CC(CC)CCCC)C2.CC.CC. The molecular weight excluding hydrogens is 583 g/mol. The molecule has 0 saturated carbocycles. The molecule has 4 aromatic rings. The summed E-state index contributed by atoms with van der Waals surface area (Å²) in [7, 11) is 0. The second kappa shape index (κ2) is 15.0. The molecule has 2 aliphatic heterocycles. The Morgan fingerprint density at radius 2 is 1.63 bits per heavy atom.